The zero-order chi connectivity index (χ0) is 60.6. The highest BCUT2D eigenvalue weighted by atomic mass is 16.8. The van der Waals surface area contributed by atoms with E-state index in [-0.39, 0.29) is 47.5 Å². The van der Waals surface area contributed by atoms with Crippen LogP contribution in [0, 0.1) is 50.2 Å². The van der Waals surface area contributed by atoms with E-state index in [9.17, 15) is 71.5 Å². The topological polar surface area (TPSA) is 393 Å². The molecule has 476 valence electrons. The normalized spacial score (nSPS) is 55.1. The van der Waals surface area contributed by atoms with Gasteiger partial charge in [-0.1, -0.05) is 60.1 Å². The Morgan fingerprint density at radius 2 is 1.10 bits per heavy atom. The molecule has 0 aromatic rings. The Morgan fingerprint density at radius 3 is 1.72 bits per heavy atom. The zero-order valence-electron chi connectivity index (χ0n) is 49.0. The van der Waals surface area contributed by atoms with Gasteiger partial charge in [0.2, 0.25) is 6.29 Å². The van der Waals surface area contributed by atoms with Crippen LogP contribution in [0.2, 0.25) is 0 Å². The third kappa shape index (κ3) is 10.6. The smallest absolute Gasteiger partial charge is 0.317 e. The van der Waals surface area contributed by atoms with Crippen LogP contribution in [-0.2, 0) is 52.2 Å². The summed E-state index contributed by atoms with van der Waals surface area (Å²) in [5.41, 5.74) is -2.28. The van der Waals surface area contributed by atoms with Crippen LogP contribution in [-0.4, -0.2) is 251 Å². The molecule has 25 nitrogen and oxygen atoms in total. The van der Waals surface area contributed by atoms with Gasteiger partial charge in [0.05, 0.1) is 44.2 Å². The number of allylic oxidation sites excluding steroid dienone is 2. The molecule has 0 spiro atoms. The summed E-state index contributed by atoms with van der Waals surface area (Å²) in [4.78, 5) is 15.4. The molecule has 5 saturated heterocycles. The Labute approximate surface area is 483 Å². The Balaban J connectivity index is 0.845. The quantitative estimate of drug-likeness (QED) is 0.0610. The molecule has 0 bridgehead atoms. The standard InChI is InChI=1S/C58H94O25/c1-23-44(80-47-40(69)34(63)27(60)21-74-47)38(67)42(71)48(76-23)79-33-13-14-55(7)30(54(33,5)6)12-15-56(8)31(55)11-10-25-26-18-53(3,4)16-17-58(26,32(62)19-57(25,56)9)52(73)83-51-46(35(64)28(61)22-75-51)82-49-43(72)39(68)45(24(2)77-49)81-50-41(70)37(66)36(65)29(20-59)78-50/h10,23-24,26-51,59-72H,11-22H2,1-9H3. The molecule has 83 heavy (non-hydrogen) atoms. The van der Waals surface area contributed by atoms with Crippen molar-refractivity contribution >= 4 is 5.97 Å². The zero-order valence-corrected chi connectivity index (χ0v) is 49.0. The number of carbonyl (C=O) groups is 1. The van der Waals surface area contributed by atoms with E-state index < -0.39 is 195 Å². The lowest BCUT2D eigenvalue weighted by atomic mass is 9.33. The van der Waals surface area contributed by atoms with Gasteiger partial charge in [0, 0.05) is 0 Å². The van der Waals surface area contributed by atoms with Crippen molar-refractivity contribution in [2.45, 2.75) is 274 Å². The number of aliphatic hydroxyl groups is 14. The summed E-state index contributed by atoms with van der Waals surface area (Å²) >= 11 is 0. The molecule has 10 rings (SSSR count). The second-order valence-electron chi connectivity index (χ2n) is 28.3. The molecule has 14 N–H and O–H groups in total. The maximum atomic E-state index is 15.4. The minimum Gasteiger partial charge on any atom is -0.432 e. The fourth-order valence-corrected chi connectivity index (χ4v) is 17.5. The summed E-state index contributed by atoms with van der Waals surface area (Å²) in [6.45, 7) is 17.2. The van der Waals surface area contributed by atoms with Gasteiger partial charge < -0.3 is 119 Å². The van der Waals surface area contributed by atoms with Gasteiger partial charge in [-0.3, -0.25) is 4.79 Å². The Hall–Kier alpha value is -1.71. The molecule has 32 atom stereocenters. The first-order chi connectivity index (χ1) is 38.8. The summed E-state index contributed by atoms with van der Waals surface area (Å²) in [7, 11) is 0. The monoisotopic (exact) mass is 1190 g/mol. The largest absolute Gasteiger partial charge is 0.432 e. The molecule has 4 saturated carbocycles. The summed E-state index contributed by atoms with van der Waals surface area (Å²) < 4.78 is 59.6. The number of fused-ring (bicyclic) bond motifs is 7. The molecule has 5 aliphatic heterocycles. The van der Waals surface area contributed by atoms with Gasteiger partial charge in [-0.15, -0.1) is 0 Å². The lowest BCUT2D eigenvalue weighted by Crippen LogP contribution is -2.68. The third-order valence-corrected chi connectivity index (χ3v) is 22.7. The van der Waals surface area contributed by atoms with E-state index in [1.165, 1.54) is 6.92 Å². The van der Waals surface area contributed by atoms with Crippen LogP contribution in [0.15, 0.2) is 11.6 Å². The van der Waals surface area contributed by atoms with E-state index >= 15 is 4.79 Å². The molecule has 9 fully saturated rings. The van der Waals surface area contributed by atoms with Crippen molar-refractivity contribution in [1.29, 1.82) is 0 Å². The second-order valence-corrected chi connectivity index (χ2v) is 28.3. The Kier molecular flexibility index (Phi) is 18.0. The molecule has 5 aliphatic carbocycles. The van der Waals surface area contributed by atoms with E-state index in [4.69, 9.17) is 47.4 Å². The van der Waals surface area contributed by atoms with Crippen LogP contribution in [0.5, 0.6) is 0 Å². The van der Waals surface area contributed by atoms with Crippen LogP contribution in [0.25, 0.3) is 0 Å². The van der Waals surface area contributed by atoms with Gasteiger partial charge in [0.25, 0.3) is 0 Å². The lowest BCUT2D eigenvalue weighted by molar-refractivity contribution is -0.374. The number of hydrogen-bond donors (Lipinski definition) is 14. The maximum Gasteiger partial charge on any atom is 0.317 e. The lowest BCUT2D eigenvalue weighted by Gasteiger charge is -2.71. The molecule has 25 heteroatoms. The van der Waals surface area contributed by atoms with Gasteiger partial charge in [-0.2, -0.15) is 0 Å². The van der Waals surface area contributed by atoms with Crippen LogP contribution in [0.1, 0.15) is 120 Å². The van der Waals surface area contributed by atoms with Gasteiger partial charge >= 0.3 is 5.97 Å². The van der Waals surface area contributed by atoms with Crippen LogP contribution in [0.3, 0.4) is 0 Å². The van der Waals surface area contributed by atoms with Crippen LogP contribution >= 0.6 is 0 Å². The van der Waals surface area contributed by atoms with Crippen molar-refractivity contribution in [3.8, 4) is 0 Å². The molecule has 32 unspecified atom stereocenters. The van der Waals surface area contributed by atoms with Crippen LogP contribution < -0.4 is 0 Å². The van der Waals surface area contributed by atoms with Gasteiger partial charge in [-0.25, -0.2) is 0 Å². The summed E-state index contributed by atoms with van der Waals surface area (Å²) in [5.74, 6) is -1.00. The van der Waals surface area contributed by atoms with Crippen LogP contribution in [0.4, 0.5) is 0 Å². The van der Waals surface area contributed by atoms with E-state index in [1.807, 2.05) is 0 Å². The molecule has 0 amide bonds. The van der Waals surface area contributed by atoms with Crippen molar-refractivity contribution in [2.24, 2.45) is 50.2 Å². The second kappa shape index (κ2) is 23.3. The number of aliphatic hydroxyl groups excluding tert-OH is 14. The SMILES string of the molecule is CC1OC(OC2CCC3(C)C(CCC4(C)C3CC=C3C5CC(C)(C)CCC5(C(=O)OC5OCC(O)C(O)C5OC5OC(C)C(OC6OC(CO)C(O)C(O)C6O)C(O)C5O)C(O)CC34C)C2(C)C)C(O)C(O)C1OC1OCC(O)C(O)C1O. The highest BCUT2D eigenvalue weighted by Gasteiger charge is 2.72. The predicted molar refractivity (Wildman–Crippen MR) is 282 cm³/mol. The van der Waals surface area contributed by atoms with E-state index in [1.54, 1.807) is 6.92 Å². The first-order valence-electron chi connectivity index (χ1n) is 30.0. The summed E-state index contributed by atoms with van der Waals surface area (Å²) in [6.07, 6.45) is -29.2. The fraction of sp³-hybridized carbons (Fsp3) is 0.948. The van der Waals surface area contributed by atoms with Crippen molar-refractivity contribution in [1.82, 2.24) is 0 Å². The third-order valence-electron chi connectivity index (χ3n) is 22.7. The van der Waals surface area contributed by atoms with Gasteiger partial charge in [-0.05, 0) is 116 Å². The number of ether oxygens (including phenoxy) is 10. The minimum atomic E-state index is -1.93. The molecule has 0 radical (unpaired) electrons. The molecular weight excluding hydrogens is 1100 g/mol. The molecule has 5 heterocycles. The van der Waals surface area contributed by atoms with E-state index in [2.05, 4.69) is 54.5 Å². The average Bonchev–Trinajstić information content (AvgIpc) is 2.08. The Bertz CT molecular complexity index is 2330. The van der Waals surface area contributed by atoms with E-state index in [0.29, 0.717) is 25.7 Å². The molecule has 10 aliphatic rings. The number of carbonyl (C=O) groups excluding carboxylic acids is 1. The molecule has 0 aromatic heterocycles. The Morgan fingerprint density at radius 1 is 0.554 bits per heavy atom. The first-order valence-corrected chi connectivity index (χ1v) is 30.0. The number of esters is 1. The number of rotatable bonds is 11. The summed E-state index contributed by atoms with van der Waals surface area (Å²) in [5, 5.41) is 152. The van der Waals surface area contributed by atoms with Crippen molar-refractivity contribution in [3.63, 3.8) is 0 Å². The van der Waals surface area contributed by atoms with E-state index in [0.717, 1.165) is 24.8 Å². The van der Waals surface area contributed by atoms with Gasteiger partial charge in [0.1, 0.15) is 97.0 Å². The summed E-state index contributed by atoms with van der Waals surface area (Å²) in [6, 6.07) is 0. The maximum absolute atomic E-state index is 15.4. The first kappa shape index (κ1) is 64.3. The highest BCUT2D eigenvalue weighted by molar-refractivity contribution is 5.80. The fourth-order valence-electron chi connectivity index (χ4n) is 17.5. The minimum absolute atomic E-state index is 0.129. The molecular formula is C58H94O25. The highest BCUT2D eigenvalue weighted by Crippen LogP contribution is 2.76. The van der Waals surface area contributed by atoms with Crippen molar-refractivity contribution < 1.29 is 124 Å². The van der Waals surface area contributed by atoms with Crippen molar-refractivity contribution in [2.75, 3.05) is 19.8 Å². The molecule has 0 aromatic carbocycles. The number of hydrogen-bond acceptors (Lipinski definition) is 25. The predicted octanol–water partition coefficient (Wildman–Crippen LogP) is -1.91. The van der Waals surface area contributed by atoms with Gasteiger partial charge in [0.15, 0.2) is 31.3 Å². The van der Waals surface area contributed by atoms with Crippen molar-refractivity contribution in [3.05, 3.63) is 11.6 Å². The average molecular weight is 1190 g/mol.